The molecule has 1 aliphatic rings. The Kier molecular flexibility index (Phi) is 4.23. The average Bonchev–Trinajstić information content (AvgIpc) is 2.41. The molecular weight excluding hydrogens is 258 g/mol. The lowest BCUT2D eigenvalue weighted by atomic mass is 9.77. The first-order valence-electron chi connectivity index (χ1n) is 6.96. The van der Waals surface area contributed by atoms with Crippen LogP contribution in [-0.2, 0) is 0 Å². The van der Waals surface area contributed by atoms with Crippen molar-refractivity contribution in [3.63, 3.8) is 0 Å². The number of hydrogen-bond donors (Lipinski definition) is 2. The molecular formula is C14H21N3O3. The summed E-state index contributed by atoms with van der Waals surface area (Å²) in [6.45, 7) is 4.02. The summed E-state index contributed by atoms with van der Waals surface area (Å²) in [5.74, 6) is 1.18. The van der Waals surface area contributed by atoms with Crippen molar-refractivity contribution in [2.45, 2.75) is 45.1 Å². The van der Waals surface area contributed by atoms with E-state index in [-0.39, 0.29) is 17.8 Å². The summed E-state index contributed by atoms with van der Waals surface area (Å²) in [5.41, 5.74) is 0.360. The molecule has 1 aliphatic carbocycles. The number of nitrogens with zero attached hydrogens (tertiary/aromatic N) is 2. The first-order chi connectivity index (χ1) is 9.46. The van der Waals surface area contributed by atoms with E-state index in [4.69, 9.17) is 0 Å². The van der Waals surface area contributed by atoms with E-state index in [0.717, 1.165) is 24.8 Å². The van der Waals surface area contributed by atoms with Crippen molar-refractivity contribution in [2.75, 3.05) is 11.9 Å². The summed E-state index contributed by atoms with van der Waals surface area (Å²) in [6, 6.07) is 1.51. The van der Waals surface area contributed by atoms with E-state index in [9.17, 15) is 15.2 Å². The van der Waals surface area contributed by atoms with Crippen molar-refractivity contribution in [3.05, 3.63) is 27.9 Å². The number of aliphatic hydroxyl groups is 1. The Morgan fingerprint density at radius 3 is 2.95 bits per heavy atom. The van der Waals surface area contributed by atoms with Crippen LogP contribution < -0.4 is 5.32 Å². The highest BCUT2D eigenvalue weighted by Crippen LogP contribution is 2.35. The monoisotopic (exact) mass is 279 g/mol. The zero-order valence-corrected chi connectivity index (χ0v) is 11.9. The van der Waals surface area contributed by atoms with Crippen LogP contribution in [-0.4, -0.2) is 27.2 Å². The number of rotatable bonds is 4. The molecule has 110 valence electrons. The summed E-state index contributed by atoms with van der Waals surface area (Å²) in [4.78, 5) is 14.4. The van der Waals surface area contributed by atoms with Gasteiger partial charge in [0, 0.05) is 6.07 Å². The Morgan fingerprint density at radius 1 is 1.65 bits per heavy atom. The number of anilines is 1. The van der Waals surface area contributed by atoms with Crippen LogP contribution in [0.5, 0.6) is 0 Å². The van der Waals surface area contributed by atoms with Gasteiger partial charge in [0.05, 0.1) is 17.1 Å². The van der Waals surface area contributed by atoms with Crippen LogP contribution in [0.1, 0.15) is 38.2 Å². The van der Waals surface area contributed by atoms with Crippen molar-refractivity contribution in [2.24, 2.45) is 5.92 Å². The highest BCUT2D eigenvalue weighted by Gasteiger charge is 2.35. The van der Waals surface area contributed by atoms with Crippen LogP contribution in [0.4, 0.5) is 11.5 Å². The molecule has 0 aliphatic heterocycles. The third-order valence-corrected chi connectivity index (χ3v) is 4.05. The van der Waals surface area contributed by atoms with Crippen molar-refractivity contribution in [1.82, 2.24) is 4.98 Å². The van der Waals surface area contributed by atoms with Crippen LogP contribution in [0.3, 0.4) is 0 Å². The van der Waals surface area contributed by atoms with E-state index < -0.39 is 4.92 Å². The SMILES string of the molecule is Cc1cc([N+](=O)[O-])cnc1NC1(CO)CCCC(C)C1. The lowest BCUT2D eigenvalue weighted by Gasteiger charge is -2.40. The molecule has 0 bridgehead atoms. The van der Waals surface area contributed by atoms with E-state index in [2.05, 4.69) is 17.2 Å². The van der Waals surface area contributed by atoms with Gasteiger partial charge >= 0.3 is 0 Å². The molecule has 1 fully saturated rings. The van der Waals surface area contributed by atoms with E-state index >= 15 is 0 Å². The normalized spacial score (nSPS) is 26.2. The zero-order chi connectivity index (χ0) is 14.8. The Bertz CT molecular complexity index is 506. The molecule has 0 aromatic carbocycles. The molecule has 0 radical (unpaired) electrons. The molecule has 1 saturated carbocycles. The summed E-state index contributed by atoms with van der Waals surface area (Å²) in [6.07, 6.45) is 5.29. The summed E-state index contributed by atoms with van der Waals surface area (Å²) >= 11 is 0. The molecule has 2 unspecified atom stereocenters. The van der Waals surface area contributed by atoms with E-state index in [1.807, 2.05) is 0 Å². The number of aromatic nitrogens is 1. The van der Waals surface area contributed by atoms with Gasteiger partial charge in [0.2, 0.25) is 0 Å². The largest absolute Gasteiger partial charge is 0.394 e. The van der Waals surface area contributed by atoms with Crippen molar-refractivity contribution in [1.29, 1.82) is 0 Å². The fourth-order valence-corrected chi connectivity index (χ4v) is 3.00. The van der Waals surface area contributed by atoms with Gasteiger partial charge in [-0.05, 0) is 31.2 Å². The standard InChI is InChI=1S/C14H21N3O3/c1-10-4-3-5-14(7-10,9-18)16-13-11(2)6-12(8-15-13)17(19)20/h6,8,10,18H,3-5,7,9H2,1-2H3,(H,15,16). The summed E-state index contributed by atoms with van der Waals surface area (Å²) < 4.78 is 0. The van der Waals surface area contributed by atoms with Gasteiger partial charge in [-0.1, -0.05) is 19.8 Å². The second kappa shape index (κ2) is 5.75. The van der Waals surface area contributed by atoms with Crippen LogP contribution in [0.25, 0.3) is 0 Å². The van der Waals surface area contributed by atoms with Crippen LogP contribution in [0.15, 0.2) is 12.3 Å². The van der Waals surface area contributed by atoms with Gasteiger partial charge in [-0.25, -0.2) is 4.98 Å². The molecule has 2 atom stereocenters. The molecule has 6 nitrogen and oxygen atoms in total. The minimum Gasteiger partial charge on any atom is -0.394 e. The van der Waals surface area contributed by atoms with Crippen LogP contribution in [0, 0.1) is 23.0 Å². The number of pyridine rings is 1. The average molecular weight is 279 g/mol. The quantitative estimate of drug-likeness (QED) is 0.653. The Hall–Kier alpha value is -1.69. The zero-order valence-electron chi connectivity index (χ0n) is 11.9. The smallest absolute Gasteiger partial charge is 0.287 e. The predicted molar refractivity (Wildman–Crippen MR) is 76.7 cm³/mol. The van der Waals surface area contributed by atoms with Crippen molar-refractivity contribution < 1.29 is 10.0 Å². The van der Waals surface area contributed by atoms with Gasteiger partial charge < -0.3 is 10.4 Å². The maximum atomic E-state index is 10.7. The second-order valence-electron chi connectivity index (χ2n) is 5.88. The maximum absolute atomic E-state index is 10.7. The minimum atomic E-state index is -0.450. The fraction of sp³-hybridized carbons (Fsp3) is 0.643. The first-order valence-corrected chi connectivity index (χ1v) is 6.96. The third kappa shape index (κ3) is 3.07. The van der Waals surface area contributed by atoms with Crippen LogP contribution in [0.2, 0.25) is 0 Å². The lowest BCUT2D eigenvalue weighted by Crippen LogP contribution is -2.46. The highest BCUT2D eigenvalue weighted by molar-refractivity contribution is 5.50. The Balaban J connectivity index is 2.21. The number of aryl methyl sites for hydroxylation is 1. The minimum absolute atomic E-state index is 0.0110. The Labute approximate surface area is 118 Å². The molecule has 0 spiro atoms. The highest BCUT2D eigenvalue weighted by atomic mass is 16.6. The number of hydrogen-bond acceptors (Lipinski definition) is 5. The molecule has 6 heteroatoms. The van der Waals surface area contributed by atoms with E-state index in [1.54, 1.807) is 6.92 Å². The number of aliphatic hydroxyl groups excluding tert-OH is 1. The summed E-state index contributed by atoms with van der Waals surface area (Å²) in [7, 11) is 0. The topological polar surface area (TPSA) is 88.3 Å². The number of nitrogens with one attached hydrogen (secondary N) is 1. The second-order valence-corrected chi connectivity index (χ2v) is 5.88. The van der Waals surface area contributed by atoms with Gasteiger partial charge in [0.15, 0.2) is 0 Å². The Morgan fingerprint density at radius 2 is 2.40 bits per heavy atom. The molecule has 2 rings (SSSR count). The van der Waals surface area contributed by atoms with Gasteiger partial charge in [-0.2, -0.15) is 0 Å². The van der Waals surface area contributed by atoms with Gasteiger partial charge in [-0.3, -0.25) is 10.1 Å². The third-order valence-electron chi connectivity index (χ3n) is 4.05. The molecule has 1 aromatic heterocycles. The van der Waals surface area contributed by atoms with Crippen molar-refractivity contribution >= 4 is 11.5 Å². The molecule has 1 aromatic rings. The maximum Gasteiger partial charge on any atom is 0.287 e. The van der Waals surface area contributed by atoms with E-state index in [0.29, 0.717) is 11.7 Å². The predicted octanol–water partition coefficient (Wildman–Crippen LogP) is 2.65. The molecule has 0 saturated heterocycles. The van der Waals surface area contributed by atoms with Gasteiger partial charge in [-0.15, -0.1) is 0 Å². The summed E-state index contributed by atoms with van der Waals surface area (Å²) in [5, 5.41) is 23.8. The van der Waals surface area contributed by atoms with E-state index in [1.165, 1.54) is 18.7 Å². The van der Waals surface area contributed by atoms with Gasteiger partial charge in [0.25, 0.3) is 5.69 Å². The molecule has 0 amide bonds. The molecule has 1 heterocycles. The number of nitro groups is 1. The fourth-order valence-electron chi connectivity index (χ4n) is 3.00. The van der Waals surface area contributed by atoms with Crippen molar-refractivity contribution in [3.8, 4) is 0 Å². The lowest BCUT2D eigenvalue weighted by molar-refractivity contribution is -0.385. The molecule has 2 N–H and O–H groups in total. The first kappa shape index (κ1) is 14.7. The molecule has 20 heavy (non-hydrogen) atoms. The van der Waals surface area contributed by atoms with Crippen LogP contribution >= 0.6 is 0 Å². The van der Waals surface area contributed by atoms with Gasteiger partial charge in [0.1, 0.15) is 12.0 Å².